The molecule has 2 N–H and O–H groups in total. The molecule has 2 aliphatic rings. The third kappa shape index (κ3) is 1.87. The van der Waals surface area contributed by atoms with Gasteiger partial charge in [-0.3, -0.25) is 0 Å². The van der Waals surface area contributed by atoms with E-state index in [-0.39, 0.29) is 5.92 Å². The van der Waals surface area contributed by atoms with E-state index in [0.29, 0.717) is 11.6 Å². The fourth-order valence-electron chi connectivity index (χ4n) is 3.56. The molecule has 1 saturated heterocycles. The van der Waals surface area contributed by atoms with Gasteiger partial charge in [-0.2, -0.15) is 0 Å². The molecule has 4 rings (SSSR count). The number of aliphatic hydroxyl groups is 1. The lowest BCUT2D eigenvalue weighted by Gasteiger charge is -2.42. The van der Waals surface area contributed by atoms with E-state index in [1.54, 1.807) is 6.20 Å². The summed E-state index contributed by atoms with van der Waals surface area (Å²) in [5.41, 5.74) is 0.633. The van der Waals surface area contributed by atoms with Crippen molar-refractivity contribution in [2.75, 3.05) is 13.1 Å². The molecule has 0 spiro atoms. The van der Waals surface area contributed by atoms with E-state index in [4.69, 9.17) is 4.74 Å². The minimum absolute atomic E-state index is 0.173. The number of piperidine rings is 1. The average molecular weight is 282 g/mol. The standard InChI is InChI=1S/C17H18N2O2/c20-17(12-7-10-18-11-8-12)13-4-1-2-6-15(13)21-16-14(17)5-3-9-19-16/h1-6,9,12,18,20H,7-8,10-11H2/t17-/m0/s1. The molecule has 4 heteroatoms. The molecule has 0 aliphatic carbocycles. The van der Waals surface area contributed by atoms with Crippen LogP contribution in [0.3, 0.4) is 0 Å². The second-order valence-corrected chi connectivity index (χ2v) is 5.74. The van der Waals surface area contributed by atoms with Gasteiger partial charge in [-0.1, -0.05) is 18.2 Å². The number of hydrogen-bond acceptors (Lipinski definition) is 4. The van der Waals surface area contributed by atoms with E-state index in [9.17, 15) is 5.11 Å². The first-order valence-electron chi connectivity index (χ1n) is 7.46. The van der Waals surface area contributed by atoms with Gasteiger partial charge in [-0.05, 0) is 50.0 Å². The van der Waals surface area contributed by atoms with E-state index >= 15 is 0 Å². The number of benzene rings is 1. The Morgan fingerprint density at radius 2 is 1.86 bits per heavy atom. The Balaban J connectivity index is 1.92. The van der Waals surface area contributed by atoms with Gasteiger partial charge in [0, 0.05) is 11.8 Å². The Labute approximate surface area is 123 Å². The van der Waals surface area contributed by atoms with Crippen molar-refractivity contribution in [2.45, 2.75) is 18.4 Å². The highest BCUT2D eigenvalue weighted by Crippen LogP contribution is 2.51. The van der Waals surface area contributed by atoms with Crippen LogP contribution in [0, 0.1) is 5.92 Å². The van der Waals surface area contributed by atoms with Gasteiger partial charge in [0.05, 0.1) is 5.56 Å². The third-order valence-electron chi connectivity index (χ3n) is 4.62. The number of fused-ring (bicyclic) bond motifs is 2. The summed E-state index contributed by atoms with van der Waals surface area (Å²) >= 11 is 0. The zero-order chi connectivity index (χ0) is 14.3. The normalized spacial score (nSPS) is 24.8. The van der Waals surface area contributed by atoms with Crippen LogP contribution in [0.5, 0.6) is 11.6 Å². The van der Waals surface area contributed by atoms with Crippen molar-refractivity contribution in [1.82, 2.24) is 10.3 Å². The van der Waals surface area contributed by atoms with Gasteiger partial charge in [-0.15, -0.1) is 0 Å². The summed E-state index contributed by atoms with van der Waals surface area (Å²) in [5.74, 6) is 1.41. The second-order valence-electron chi connectivity index (χ2n) is 5.74. The number of pyridine rings is 1. The minimum Gasteiger partial charge on any atom is -0.438 e. The molecule has 4 nitrogen and oxygen atoms in total. The first-order chi connectivity index (χ1) is 10.3. The van der Waals surface area contributed by atoms with Crippen molar-refractivity contribution >= 4 is 0 Å². The number of nitrogens with zero attached hydrogens (tertiary/aromatic N) is 1. The Morgan fingerprint density at radius 3 is 2.71 bits per heavy atom. The number of para-hydroxylation sites is 1. The first-order valence-corrected chi connectivity index (χ1v) is 7.46. The first kappa shape index (κ1) is 12.8. The lowest BCUT2D eigenvalue weighted by molar-refractivity contribution is -0.00613. The molecular formula is C17H18N2O2. The topological polar surface area (TPSA) is 54.4 Å². The summed E-state index contributed by atoms with van der Waals surface area (Å²) in [6.45, 7) is 1.87. The van der Waals surface area contributed by atoms with Crippen LogP contribution in [0.2, 0.25) is 0 Å². The van der Waals surface area contributed by atoms with Gasteiger partial charge in [0.25, 0.3) is 0 Å². The van der Waals surface area contributed by atoms with Crippen molar-refractivity contribution in [1.29, 1.82) is 0 Å². The monoisotopic (exact) mass is 282 g/mol. The highest BCUT2D eigenvalue weighted by Gasteiger charge is 2.47. The Morgan fingerprint density at radius 1 is 1.10 bits per heavy atom. The van der Waals surface area contributed by atoms with Crippen LogP contribution in [0.25, 0.3) is 0 Å². The summed E-state index contributed by atoms with van der Waals surface area (Å²) in [6, 6.07) is 11.5. The predicted octanol–water partition coefficient (Wildman–Crippen LogP) is 2.42. The number of nitrogens with one attached hydrogen (secondary N) is 1. The zero-order valence-electron chi connectivity index (χ0n) is 11.7. The SMILES string of the molecule is O[C@@]1(C2CCNCC2)c2ccccc2Oc2ncccc21. The molecule has 2 aromatic rings. The number of ether oxygens (including phenoxy) is 1. The van der Waals surface area contributed by atoms with Crippen LogP contribution in [0.4, 0.5) is 0 Å². The van der Waals surface area contributed by atoms with Gasteiger partial charge in [0.15, 0.2) is 0 Å². The minimum atomic E-state index is -1.01. The Bertz CT molecular complexity index is 620. The maximum Gasteiger partial charge on any atom is 0.225 e. The molecule has 21 heavy (non-hydrogen) atoms. The largest absolute Gasteiger partial charge is 0.438 e. The molecule has 1 aromatic carbocycles. The highest BCUT2D eigenvalue weighted by atomic mass is 16.5. The summed E-state index contributed by atoms with van der Waals surface area (Å²) < 4.78 is 5.88. The maximum atomic E-state index is 11.7. The van der Waals surface area contributed by atoms with Crippen LogP contribution >= 0.6 is 0 Å². The molecule has 1 fully saturated rings. The lowest BCUT2D eigenvalue weighted by Crippen LogP contribution is -2.44. The second kappa shape index (κ2) is 4.83. The fourth-order valence-corrected chi connectivity index (χ4v) is 3.56. The Kier molecular flexibility index (Phi) is 2.94. The van der Waals surface area contributed by atoms with Crippen LogP contribution < -0.4 is 10.1 Å². The summed E-state index contributed by atoms with van der Waals surface area (Å²) in [4.78, 5) is 4.31. The maximum absolute atomic E-state index is 11.7. The molecule has 1 atom stereocenters. The average Bonchev–Trinajstić information content (AvgIpc) is 2.56. The number of aromatic nitrogens is 1. The summed E-state index contributed by atoms with van der Waals surface area (Å²) in [5, 5.41) is 15.0. The predicted molar refractivity (Wildman–Crippen MR) is 79.3 cm³/mol. The van der Waals surface area contributed by atoms with Crippen molar-refractivity contribution < 1.29 is 9.84 Å². The van der Waals surface area contributed by atoms with E-state index in [1.807, 2.05) is 36.4 Å². The summed E-state index contributed by atoms with van der Waals surface area (Å²) in [6.07, 6.45) is 3.59. The van der Waals surface area contributed by atoms with Gasteiger partial charge >= 0.3 is 0 Å². The van der Waals surface area contributed by atoms with Crippen molar-refractivity contribution in [3.8, 4) is 11.6 Å². The van der Waals surface area contributed by atoms with Crippen LogP contribution in [0.15, 0.2) is 42.6 Å². The number of hydrogen-bond donors (Lipinski definition) is 2. The van der Waals surface area contributed by atoms with E-state index in [0.717, 1.165) is 37.1 Å². The smallest absolute Gasteiger partial charge is 0.225 e. The van der Waals surface area contributed by atoms with Crippen molar-refractivity contribution in [3.05, 3.63) is 53.7 Å². The van der Waals surface area contributed by atoms with Gasteiger partial charge < -0.3 is 15.2 Å². The van der Waals surface area contributed by atoms with E-state index in [2.05, 4.69) is 10.3 Å². The highest BCUT2D eigenvalue weighted by molar-refractivity contribution is 5.53. The van der Waals surface area contributed by atoms with E-state index < -0.39 is 5.60 Å². The van der Waals surface area contributed by atoms with Crippen LogP contribution in [-0.2, 0) is 5.60 Å². The van der Waals surface area contributed by atoms with Crippen LogP contribution in [-0.4, -0.2) is 23.2 Å². The Hall–Kier alpha value is -1.91. The molecule has 3 heterocycles. The molecule has 0 saturated carbocycles. The fraction of sp³-hybridized carbons (Fsp3) is 0.353. The van der Waals surface area contributed by atoms with Crippen LogP contribution in [0.1, 0.15) is 24.0 Å². The molecule has 108 valence electrons. The molecule has 0 unspecified atom stereocenters. The lowest BCUT2D eigenvalue weighted by atomic mass is 9.71. The molecule has 0 amide bonds. The van der Waals surface area contributed by atoms with E-state index in [1.165, 1.54) is 0 Å². The summed E-state index contributed by atoms with van der Waals surface area (Å²) in [7, 11) is 0. The van der Waals surface area contributed by atoms with Gasteiger partial charge in [-0.25, -0.2) is 4.98 Å². The molecule has 0 bridgehead atoms. The van der Waals surface area contributed by atoms with Gasteiger partial charge in [0.2, 0.25) is 5.88 Å². The molecule has 0 radical (unpaired) electrons. The third-order valence-corrected chi connectivity index (χ3v) is 4.62. The molecule has 1 aromatic heterocycles. The van der Waals surface area contributed by atoms with Gasteiger partial charge in [0.1, 0.15) is 11.4 Å². The quantitative estimate of drug-likeness (QED) is 0.843. The zero-order valence-corrected chi connectivity index (χ0v) is 11.7. The number of rotatable bonds is 1. The molecular weight excluding hydrogens is 264 g/mol. The van der Waals surface area contributed by atoms with Crippen molar-refractivity contribution in [2.24, 2.45) is 5.92 Å². The van der Waals surface area contributed by atoms with Crippen molar-refractivity contribution in [3.63, 3.8) is 0 Å². The molecule has 2 aliphatic heterocycles.